The molecule has 1 aliphatic heterocycles. The van der Waals surface area contributed by atoms with Gasteiger partial charge in [-0.05, 0) is 37.3 Å². The van der Waals surface area contributed by atoms with Crippen molar-refractivity contribution in [1.29, 1.82) is 0 Å². The van der Waals surface area contributed by atoms with E-state index in [1.165, 1.54) is 0 Å². The Balaban J connectivity index is 1.91. The molecule has 1 aliphatic carbocycles. The fourth-order valence-corrected chi connectivity index (χ4v) is 3.70. The maximum absolute atomic E-state index is 12.7. The minimum Gasteiger partial charge on any atom is -0.480 e. The number of carbonyl (C=O) groups excluding carboxylic acids is 1. The molecule has 3 unspecified atom stereocenters. The number of rotatable bonds is 2. The van der Waals surface area contributed by atoms with Crippen LogP contribution < -0.4 is 0 Å². The monoisotopic (exact) mass is 273 g/mol. The van der Waals surface area contributed by atoms with Crippen molar-refractivity contribution >= 4 is 11.9 Å². The summed E-state index contributed by atoms with van der Waals surface area (Å²) < 4.78 is 0. The molecule has 0 bridgehead atoms. The number of fused-ring (bicyclic) bond motifs is 1. The number of carbonyl (C=O) groups is 2. The van der Waals surface area contributed by atoms with Crippen LogP contribution in [-0.2, 0) is 4.79 Å². The van der Waals surface area contributed by atoms with Gasteiger partial charge in [-0.3, -0.25) is 4.79 Å². The van der Waals surface area contributed by atoms with Gasteiger partial charge in [0.2, 0.25) is 0 Å². The van der Waals surface area contributed by atoms with Crippen molar-refractivity contribution in [3.05, 3.63) is 35.9 Å². The Morgan fingerprint density at radius 1 is 1.10 bits per heavy atom. The van der Waals surface area contributed by atoms with Crippen LogP contribution in [0.1, 0.15) is 42.5 Å². The third-order valence-corrected chi connectivity index (χ3v) is 4.63. The number of likely N-dealkylation sites (tertiary alicyclic amines) is 1. The second kappa shape index (κ2) is 5.27. The van der Waals surface area contributed by atoms with E-state index in [4.69, 9.17) is 0 Å². The summed E-state index contributed by atoms with van der Waals surface area (Å²) in [6.45, 7) is 0. The van der Waals surface area contributed by atoms with E-state index in [1.807, 2.05) is 18.2 Å². The van der Waals surface area contributed by atoms with Gasteiger partial charge in [-0.15, -0.1) is 0 Å². The molecule has 1 N–H and O–H groups in total. The van der Waals surface area contributed by atoms with E-state index in [9.17, 15) is 14.7 Å². The summed E-state index contributed by atoms with van der Waals surface area (Å²) >= 11 is 0. The number of amides is 1. The van der Waals surface area contributed by atoms with Crippen molar-refractivity contribution in [2.45, 2.75) is 44.2 Å². The van der Waals surface area contributed by atoms with Crippen LogP contribution in [-0.4, -0.2) is 34.0 Å². The second-order valence-corrected chi connectivity index (χ2v) is 5.78. The van der Waals surface area contributed by atoms with Gasteiger partial charge in [-0.1, -0.05) is 31.0 Å². The summed E-state index contributed by atoms with van der Waals surface area (Å²) in [6, 6.07) is 8.47. The van der Waals surface area contributed by atoms with Crippen molar-refractivity contribution in [2.24, 2.45) is 5.92 Å². The molecule has 106 valence electrons. The number of carboxylic acids is 1. The molecule has 1 heterocycles. The van der Waals surface area contributed by atoms with Gasteiger partial charge in [-0.2, -0.15) is 0 Å². The fourth-order valence-electron chi connectivity index (χ4n) is 3.70. The van der Waals surface area contributed by atoms with Crippen LogP contribution in [0, 0.1) is 5.92 Å². The van der Waals surface area contributed by atoms with E-state index in [2.05, 4.69) is 0 Å². The Morgan fingerprint density at radius 2 is 1.80 bits per heavy atom. The van der Waals surface area contributed by atoms with Crippen LogP contribution in [0.25, 0.3) is 0 Å². The van der Waals surface area contributed by atoms with Crippen LogP contribution >= 0.6 is 0 Å². The third kappa shape index (κ3) is 2.19. The standard InChI is InChI=1S/C16H19NO3/c18-15(11-6-2-1-3-7-11)17-13-9-5-4-8-12(13)10-14(17)16(19)20/h1-3,6-7,12-14H,4-5,8-10H2,(H,19,20). The number of hydrogen-bond acceptors (Lipinski definition) is 2. The first-order valence-corrected chi connectivity index (χ1v) is 7.29. The Labute approximate surface area is 118 Å². The topological polar surface area (TPSA) is 57.6 Å². The lowest BCUT2D eigenvalue weighted by Gasteiger charge is -2.33. The Bertz CT molecular complexity index is 514. The number of aliphatic carboxylic acids is 1. The van der Waals surface area contributed by atoms with Gasteiger partial charge >= 0.3 is 5.97 Å². The molecule has 1 aromatic carbocycles. The van der Waals surface area contributed by atoms with Crippen molar-refractivity contribution in [3.8, 4) is 0 Å². The highest BCUT2D eigenvalue weighted by molar-refractivity contribution is 5.97. The van der Waals surface area contributed by atoms with Crippen LogP contribution in [0.15, 0.2) is 30.3 Å². The van der Waals surface area contributed by atoms with E-state index in [0.717, 1.165) is 25.7 Å². The Kier molecular flexibility index (Phi) is 3.47. The molecule has 1 aromatic rings. The fraction of sp³-hybridized carbons (Fsp3) is 0.500. The van der Waals surface area contributed by atoms with E-state index in [-0.39, 0.29) is 11.9 Å². The smallest absolute Gasteiger partial charge is 0.326 e. The van der Waals surface area contributed by atoms with Crippen LogP contribution in [0.4, 0.5) is 0 Å². The number of hydrogen-bond donors (Lipinski definition) is 1. The van der Waals surface area contributed by atoms with Gasteiger partial charge in [0.15, 0.2) is 0 Å². The molecule has 3 atom stereocenters. The van der Waals surface area contributed by atoms with E-state index in [0.29, 0.717) is 17.9 Å². The minimum atomic E-state index is -0.872. The lowest BCUT2D eigenvalue weighted by Crippen LogP contribution is -2.46. The summed E-state index contributed by atoms with van der Waals surface area (Å²) in [4.78, 5) is 25.8. The van der Waals surface area contributed by atoms with Gasteiger partial charge in [0.05, 0.1) is 0 Å². The van der Waals surface area contributed by atoms with Crippen LogP contribution in [0.3, 0.4) is 0 Å². The molecule has 4 nitrogen and oxygen atoms in total. The summed E-state index contributed by atoms with van der Waals surface area (Å²) in [5.74, 6) is -0.645. The first-order chi connectivity index (χ1) is 9.68. The Hall–Kier alpha value is -1.84. The average molecular weight is 273 g/mol. The quantitative estimate of drug-likeness (QED) is 0.901. The molecule has 0 aromatic heterocycles. The van der Waals surface area contributed by atoms with Crippen LogP contribution in [0.5, 0.6) is 0 Å². The summed E-state index contributed by atoms with van der Waals surface area (Å²) in [6.07, 6.45) is 4.84. The number of nitrogens with zero attached hydrogens (tertiary/aromatic N) is 1. The van der Waals surface area contributed by atoms with Gasteiger partial charge < -0.3 is 10.0 Å². The molecular formula is C16H19NO3. The third-order valence-electron chi connectivity index (χ3n) is 4.63. The van der Waals surface area contributed by atoms with Crippen LogP contribution in [0.2, 0.25) is 0 Å². The van der Waals surface area contributed by atoms with Gasteiger partial charge in [0.1, 0.15) is 6.04 Å². The molecule has 2 aliphatic rings. The molecule has 1 amide bonds. The highest BCUT2D eigenvalue weighted by Crippen LogP contribution is 2.40. The SMILES string of the molecule is O=C(O)C1CC2CCCCC2N1C(=O)c1ccccc1. The van der Waals surface area contributed by atoms with Crippen molar-refractivity contribution in [1.82, 2.24) is 4.90 Å². The predicted molar refractivity (Wildman–Crippen MR) is 74.4 cm³/mol. The zero-order valence-corrected chi connectivity index (χ0v) is 11.4. The van der Waals surface area contributed by atoms with Crippen molar-refractivity contribution in [2.75, 3.05) is 0 Å². The number of benzene rings is 1. The molecule has 1 saturated carbocycles. The molecule has 1 saturated heterocycles. The van der Waals surface area contributed by atoms with Gasteiger partial charge in [-0.25, -0.2) is 4.79 Å². The number of carboxylic acid groups (broad SMARTS) is 1. The Morgan fingerprint density at radius 3 is 2.50 bits per heavy atom. The van der Waals surface area contributed by atoms with E-state index >= 15 is 0 Å². The van der Waals surface area contributed by atoms with Crippen molar-refractivity contribution in [3.63, 3.8) is 0 Å². The molecule has 0 spiro atoms. The highest BCUT2D eigenvalue weighted by atomic mass is 16.4. The first kappa shape index (κ1) is 13.2. The molecule has 4 heteroatoms. The molecular weight excluding hydrogens is 254 g/mol. The van der Waals surface area contributed by atoms with Gasteiger partial charge in [0.25, 0.3) is 5.91 Å². The second-order valence-electron chi connectivity index (χ2n) is 5.78. The van der Waals surface area contributed by atoms with Gasteiger partial charge in [0, 0.05) is 11.6 Å². The molecule has 0 radical (unpaired) electrons. The average Bonchev–Trinajstić information content (AvgIpc) is 2.87. The molecule has 2 fully saturated rings. The largest absolute Gasteiger partial charge is 0.480 e. The van der Waals surface area contributed by atoms with Crippen molar-refractivity contribution < 1.29 is 14.7 Å². The van der Waals surface area contributed by atoms with E-state index in [1.54, 1.807) is 17.0 Å². The maximum atomic E-state index is 12.7. The lowest BCUT2D eigenvalue weighted by atomic mass is 9.84. The summed E-state index contributed by atoms with van der Waals surface area (Å²) in [7, 11) is 0. The molecule has 3 rings (SSSR count). The summed E-state index contributed by atoms with van der Waals surface area (Å²) in [5.41, 5.74) is 0.588. The summed E-state index contributed by atoms with van der Waals surface area (Å²) in [5, 5.41) is 9.43. The normalized spacial score (nSPS) is 29.0. The maximum Gasteiger partial charge on any atom is 0.326 e. The first-order valence-electron chi connectivity index (χ1n) is 7.29. The zero-order chi connectivity index (χ0) is 14.1. The highest BCUT2D eigenvalue weighted by Gasteiger charge is 2.47. The molecule has 20 heavy (non-hydrogen) atoms. The predicted octanol–water partition coefficient (Wildman–Crippen LogP) is 2.54. The zero-order valence-electron chi connectivity index (χ0n) is 11.4. The minimum absolute atomic E-state index is 0.109. The van der Waals surface area contributed by atoms with E-state index < -0.39 is 12.0 Å². The lowest BCUT2D eigenvalue weighted by molar-refractivity contribution is -0.141.